The third-order valence-electron chi connectivity index (χ3n) is 2.52. The molecule has 0 saturated heterocycles. The number of phosphoric acid groups is 1. The van der Waals surface area contributed by atoms with Gasteiger partial charge in [0.25, 0.3) is 0 Å². The van der Waals surface area contributed by atoms with Crippen LogP contribution < -0.4 is 0 Å². The van der Waals surface area contributed by atoms with Crippen molar-refractivity contribution in [1.82, 2.24) is 0 Å². The molecule has 9 heteroatoms. The van der Waals surface area contributed by atoms with Crippen LogP contribution >= 0.6 is 15.4 Å². The maximum Gasteiger partial charge on any atom is 0.475 e. The maximum atomic E-state index is 12.6. The highest BCUT2D eigenvalue weighted by Crippen LogP contribution is 2.56. The van der Waals surface area contributed by atoms with Crippen molar-refractivity contribution in [3.63, 3.8) is 0 Å². The molecule has 0 aromatic heterocycles. The average molecular weight is 360 g/mol. The molecule has 0 aliphatic heterocycles. The van der Waals surface area contributed by atoms with Crippen molar-refractivity contribution in [2.45, 2.75) is 53.4 Å². The van der Waals surface area contributed by atoms with Gasteiger partial charge in [-0.1, -0.05) is 26.7 Å². The van der Waals surface area contributed by atoms with Gasteiger partial charge in [0.2, 0.25) is 0 Å². The van der Waals surface area contributed by atoms with Gasteiger partial charge in [-0.15, -0.1) is 0 Å². The Hall–Kier alpha value is 0.260. The van der Waals surface area contributed by atoms with Crippen LogP contribution in [0.4, 0.5) is 0 Å². The Balaban J connectivity index is 4.65. The van der Waals surface area contributed by atoms with E-state index >= 15 is 0 Å². The Morgan fingerprint density at radius 2 is 1.14 bits per heavy atom. The highest BCUT2D eigenvalue weighted by atomic mass is 31.2. The van der Waals surface area contributed by atoms with Gasteiger partial charge in [0, 0.05) is 0 Å². The van der Waals surface area contributed by atoms with Crippen molar-refractivity contribution >= 4 is 15.4 Å². The molecule has 0 N–H and O–H groups in total. The van der Waals surface area contributed by atoms with Crippen LogP contribution in [-0.4, -0.2) is 32.8 Å². The van der Waals surface area contributed by atoms with Crippen LogP contribution in [0, 0.1) is 0 Å². The molecule has 0 fully saturated rings. The first kappa shape index (κ1) is 22.3. The highest BCUT2D eigenvalue weighted by Gasteiger charge is 2.33. The second kappa shape index (κ2) is 12.7. The molecule has 0 bridgehead atoms. The monoisotopic (exact) mass is 360 g/mol. The Morgan fingerprint density at radius 1 is 0.682 bits per heavy atom. The third-order valence-corrected chi connectivity index (χ3v) is 5.92. The fourth-order valence-corrected chi connectivity index (χ4v) is 4.40. The van der Waals surface area contributed by atoms with E-state index < -0.39 is 21.8 Å². The van der Waals surface area contributed by atoms with E-state index in [1.165, 1.54) is 0 Å². The summed E-state index contributed by atoms with van der Waals surface area (Å²) in [5.74, 6) is 0. The molecule has 134 valence electrons. The first-order chi connectivity index (χ1) is 10.4. The van der Waals surface area contributed by atoms with Gasteiger partial charge in [-0.25, -0.2) is 4.57 Å². The molecule has 0 atom stereocenters. The van der Waals surface area contributed by atoms with Crippen LogP contribution in [-0.2, 0) is 31.7 Å². The standard InChI is InChI=1S/C13H30O7P2/c1-5-9-11-18-21(14,19-12-10-6-2)13-20-22(15,16-7-3)17-8-4/h5-13H2,1-4H3. The summed E-state index contributed by atoms with van der Waals surface area (Å²) in [6, 6.07) is 0. The zero-order valence-corrected chi connectivity index (χ0v) is 15.9. The van der Waals surface area contributed by atoms with Gasteiger partial charge < -0.3 is 9.05 Å². The molecule has 0 amide bonds. The quantitative estimate of drug-likeness (QED) is 0.301. The lowest BCUT2D eigenvalue weighted by Gasteiger charge is -2.21. The van der Waals surface area contributed by atoms with E-state index in [1.54, 1.807) is 13.8 Å². The zero-order chi connectivity index (χ0) is 16.9. The number of phosphoric ester groups is 1. The van der Waals surface area contributed by atoms with Gasteiger partial charge in [-0.3, -0.25) is 18.1 Å². The second-order valence-corrected chi connectivity index (χ2v) is 8.19. The Morgan fingerprint density at radius 3 is 1.50 bits per heavy atom. The lowest BCUT2D eigenvalue weighted by molar-refractivity contribution is 0.119. The molecule has 0 aromatic rings. The summed E-state index contributed by atoms with van der Waals surface area (Å²) < 4.78 is 50.7. The molecule has 0 unspecified atom stereocenters. The second-order valence-electron chi connectivity index (χ2n) is 4.53. The molecule has 0 heterocycles. The van der Waals surface area contributed by atoms with Crippen LogP contribution in [0.3, 0.4) is 0 Å². The summed E-state index contributed by atoms with van der Waals surface area (Å²) in [6.07, 6.45) is 2.89. The molecule has 0 aliphatic carbocycles. The molecule has 0 rings (SSSR count). The molecule has 0 spiro atoms. The van der Waals surface area contributed by atoms with Crippen molar-refractivity contribution in [2.75, 3.05) is 32.8 Å². The van der Waals surface area contributed by atoms with E-state index in [0.717, 1.165) is 25.7 Å². The van der Waals surface area contributed by atoms with Gasteiger partial charge in [0.05, 0.1) is 26.4 Å². The molecule has 0 aliphatic rings. The van der Waals surface area contributed by atoms with E-state index in [0.29, 0.717) is 13.2 Å². The number of hydrogen-bond donors (Lipinski definition) is 0. The third kappa shape index (κ3) is 10.1. The number of rotatable bonds is 15. The van der Waals surface area contributed by atoms with E-state index in [-0.39, 0.29) is 13.2 Å². The molecular formula is C13H30O7P2. The van der Waals surface area contributed by atoms with Crippen LogP contribution in [0.25, 0.3) is 0 Å². The van der Waals surface area contributed by atoms with Crippen molar-refractivity contribution < 1.29 is 31.7 Å². The van der Waals surface area contributed by atoms with Crippen LogP contribution in [0.5, 0.6) is 0 Å². The largest absolute Gasteiger partial charge is 0.475 e. The predicted octanol–water partition coefficient (Wildman–Crippen LogP) is 4.97. The smallest absolute Gasteiger partial charge is 0.307 e. The van der Waals surface area contributed by atoms with Crippen molar-refractivity contribution in [3.8, 4) is 0 Å². The van der Waals surface area contributed by atoms with E-state index in [2.05, 4.69) is 0 Å². The summed E-state index contributed by atoms with van der Waals surface area (Å²) in [5, 5.41) is 0. The number of hydrogen-bond acceptors (Lipinski definition) is 7. The fourth-order valence-electron chi connectivity index (χ4n) is 1.38. The van der Waals surface area contributed by atoms with E-state index in [9.17, 15) is 9.13 Å². The molecule has 22 heavy (non-hydrogen) atoms. The first-order valence-electron chi connectivity index (χ1n) is 7.87. The molecule has 7 nitrogen and oxygen atoms in total. The molecule has 0 aromatic carbocycles. The normalized spacial score (nSPS) is 12.7. The minimum Gasteiger partial charge on any atom is -0.307 e. The lowest BCUT2D eigenvalue weighted by atomic mass is 10.4. The van der Waals surface area contributed by atoms with Gasteiger partial charge in [-0.2, -0.15) is 0 Å². The van der Waals surface area contributed by atoms with Gasteiger partial charge >= 0.3 is 15.4 Å². The van der Waals surface area contributed by atoms with Crippen molar-refractivity contribution in [2.24, 2.45) is 0 Å². The fraction of sp³-hybridized carbons (Fsp3) is 1.00. The van der Waals surface area contributed by atoms with Crippen LogP contribution in [0.2, 0.25) is 0 Å². The van der Waals surface area contributed by atoms with Crippen LogP contribution in [0.1, 0.15) is 53.4 Å². The lowest BCUT2D eigenvalue weighted by Crippen LogP contribution is -2.07. The summed E-state index contributed by atoms with van der Waals surface area (Å²) >= 11 is 0. The SMILES string of the molecule is CCCCOP(=O)(COP(=O)(OCC)OCC)OCCCC. The summed E-state index contributed by atoms with van der Waals surface area (Å²) in [6.45, 7) is 8.27. The predicted molar refractivity (Wildman–Crippen MR) is 86.1 cm³/mol. The Bertz CT molecular complexity index is 338. The summed E-state index contributed by atoms with van der Waals surface area (Å²) in [5.41, 5.74) is 0. The maximum absolute atomic E-state index is 12.6. The highest BCUT2D eigenvalue weighted by molar-refractivity contribution is 7.55. The number of unbranched alkanes of at least 4 members (excludes halogenated alkanes) is 2. The van der Waals surface area contributed by atoms with Crippen molar-refractivity contribution in [1.29, 1.82) is 0 Å². The average Bonchev–Trinajstić information content (AvgIpc) is 2.47. The van der Waals surface area contributed by atoms with E-state index in [4.69, 9.17) is 22.6 Å². The minimum atomic E-state index is -3.73. The zero-order valence-electron chi connectivity index (χ0n) is 14.1. The Labute approximate surface area is 134 Å². The molecule has 0 radical (unpaired) electrons. The van der Waals surface area contributed by atoms with E-state index in [1.807, 2.05) is 13.8 Å². The first-order valence-corrected chi connectivity index (χ1v) is 11.1. The summed E-state index contributed by atoms with van der Waals surface area (Å²) in [7, 11) is -7.20. The van der Waals surface area contributed by atoms with Crippen molar-refractivity contribution in [3.05, 3.63) is 0 Å². The summed E-state index contributed by atoms with van der Waals surface area (Å²) in [4.78, 5) is 0. The van der Waals surface area contributed by atoms with Gasteiger partial charge in [0.1, 0.15) is 0 Å². The molecular weight excluding hydrogens is 330 g/mol. The van der Waals surface area contributed by atoms with Gasteiger partial charge in [0.15, 0.2) is 6.35 Å². The Kier molecular flexibility index (Phi) is 12.8. The van der Waals surface area contributed by atoms with Gasteiger partial charge in [-0.05, 0) is 26.7 Å². The topological polar surface area (TPSA) is 80.3 Å². The minimum absolute atomic E-state index is 0.162. The molecule has 0 saturated carbocycles. The van der Waals surface area contributed by atoms with Crippen LogP contribution in [0.15, 0.2) is 0 Å².